The van der Waals surface area contributed by atoms with E-state index in [-0.39, 0.29) is 5.92 Å². The second kappa shape index (κ2) is 5.82. The number of rotatable bonds is 2. The van der Waals surface area contributed by atoms with Gasteiger partial charge < -0.3 is 4.90 Å². The molecule has 0 spiro atoms. The summed E-state index contributed by atoms with van der Waals surface area (Å²) in [5, 5.41) is 6.91. The third kappa shape index (κ3) is 3.16. The first-order valence-corrected chi connectivity index (χ1v) is 7.53. The minimum absolute atomic E-state index is 0.218. The van der Waals surface area contributed by atoms with E-state index in [1.165, 1.54) is 0 Å². The Labute approximate surface area is 131 Å². The van der Waals surface area contributed by atoms with Crippen molar-refractivity contribution in [2.24, 2.45) is 0 Å². The molecule has 2 aromatic heterocycles. The highest BCUT2D eigenvalue weighted by Gasteiger charge is 2.36. The van der Waals surface area contributed by atoms with Crippen molar-refractivity contribution < 1.29 is 13.2 Å². The lowest BCUT2D eigenvalue weighted by Gasteiger charge is -2.34. The Hall–Kier alpha value is -2.12. The van der Waals surface area contributed by atoms with Crippen molar-refractivity contribution in [2.45, 2.75) is 38.8 Å². The SMILES string of the molecule is Cc1nc(C(F)(F)F)nc(N2CCCC(c3ccn[nH]3)C2)c1C. The Kier molecular flexibility index (Phi) is 3.99. The van der Waals surface area contributed by atoms with E-state index in [9.17, 15) is 13.2 Å². The van der Waals surface area contributed by atoms with E-state index in [0.717, 1.165) is 18.5 Å². The van der Waals surface area contributed by atoms with E-state index in [2.05, 4.69) is 20.2 Å². The van der Waals surface area contributed by atoms with Gasteiger partial charge in [-0.05, 0) is 32.8 Å². The Bertz CT molecular complexity index is 681. The van der Waals surface area contributed by atoms with Crippen LogP contribution in [0.3, 0.4) is 0 Å². The van der Waals surface area contributed by atoms with Gasteiger partial charge in [0.05, 0.1) is 0 Å². The van der Waals surface area contributed by atoms with Crippen molar-refractivity contribution in [2.75, 3.05) is 18.0 Å². The summed E-state index contributed by atoms with van der Waals surface area (Å²) in [5.74, 6) is -0.469. The topological polar surface area (TPSA) is 57.7 Å². The Morgan fingerprint density at radius 2 is 2.04 bits per heavy atom. The molecule has 1 unspecified atom stereocenters. The van der Waals surface area contributed by atoms with Crippen LogP contribution < -0.4 is 4.90 Å². The van der Waals surface area contributed by atoms with Gasteiger partial charge in [-0.1, -0.05) is 0 Å². The average molecular weight is 325 g/mol. The molecule has 124 valence electrons. The van der Waals surface area contributed by atoms with Gasteiger partial charge in [-0.25, -0.2) is 9.97 Å². The van der Waals surface area contributed by atoms with E-state index < -0.39 is 12.0 Å². The molecular formula is C15H18F3N5. The Morgan fingerprint density at radius 3 is 2.70 bits per heavy atom. The molecule has 0 aliphatic carbocycles. The van der Waals surface area contributed by atoms with Crippen LogP contribution in [0.25, 0.3) is 0 Å². The summed E-state index contributed by atoms with van der Waals surface area (Å²) in [6, 6.07) is 1.91. The third-order valence-electron chi connectivity index (χ3n) is 4.30. The first kappa shape index (κ1) is 15.8. The van der Waals surface area contributed by atoms with Crippen LogP contribution in [0, 0.1) is 13.8 Å². The lowest BCUT2D eigenvalue weighted by atomic mass is 9.94. The van der Waals surface area contributed by atoms with Gasteiger partial charge in [-0.3, -0.25) is 5.10 Å². The summed E-state index contributed by atoms with van der Waals surface area (Å²) in [5.41, 5.74) is 2.07. The van der Waals surface area contributed by atoms with E-state index in [1.54, 1.807) is 20.0 Å². The maximum atomic E-state index is 13.0. The van der Waals surface area contributed by atoms with Gasteiger partial charge in [0.25, 0.3) is 0 Å². The number of aromatic amines is 1. The van der Waals surface area contributed by atoms with Crippen LogP contribution in [0.5, 0.6) is 0 Å². The first-order valence-electron chi connectivity index (χ1n) is 7.53. The van der Waals surface area contributed by atoms with Crippen LogP contribution >= 0.6 is 0 Å². The predicted molar refractivity (Wildman–Crippen MR) is 79.3 cm³/mol. The van der Waals surface area contributed by atoms with Crippen LogP contribution in [-0.2, 0) is 6.18 Å². The van der Waals surface area contributed by atoms with Crippen molar-refractivity contribution in [3.8, 4) is 0 Å². The molecule has 8 heteroatoms. The van der Waals surface area contributed by atoms with Gasteiger partial charge in [0, 0.05) is 42.2 Å². The quantitative estimate of drug-likeness (QED) is 0.921. The van der Waals surface area contributed by atoms with Gasteiger partial charge >= 0.3 is 6.18 Å². The zero-order chi connectivity index (χ0) is 16.6. The number of aryl methyl sites for hydroxylation is 1. The Morgan fingerprint density at radius 1 is 1.26 bits per heavy atom. The second-order valence-electron chi connectivity index (χ2n) is 5.88. The summed E-state index contributed by atoms with van der Waals surface area (Å²) in [6.45, 7) is 4.67. The molecule has 3 heterocycles. The highest BCUT2D eigenvalue weighted by atomic mass is 19.4. The predicted octanol–water partition coefficient (Wildman–Crippen LogP) is 3.22. The van der Waals surface area contributed by atoms with Crippen molar-refractivity contribution in [1.29, 1.82) is 0 Å². The number of alkyl halides is 3. The molecule has 3 rings (SSSR count). The van der Waals surface area contributed by atoms with E-state index >= 15 is 0 Å². The highest BCUT2D eigenvalue weighted by molar-refractivity contribution is 5.49. The molecule has 0 saturated carbocycles. The second-order valence-corrected chi connectivity index (χ2v) is 5.88. The number of halogens is 3. The number of anilines is 1. The van der Waals surface area contributed by atoms with E-state index in [0.29, 0.717) is 30.2 Å². The van der Waals surface area contributed by atoms with Gasteiger partial charge in [-0.2, -0.15) is 18.3 Å². The molecule has 1 aliphatic heterocycles. The largest absolute Gasteiger partial charge is 0.451 e. The standard InChI is InChI=1S/C15H18F3N5/c1-9-10(2)20-14(15(16,17)18)21-13(9)23-7-3-4-11(8-23)12-5-6-19-22-12/h5-6,11H,3-4,7-8H2,1-2H3,(H,19,22). The van der Waals surface area contributed by atoms with Crippen LogP contribution in [0.1, 0.15) is 41.5 Å². The van der Waals surface area contributed by atoms with Crippen molar-refractivity contribution in [1.82, 2.24) is 20.2 Å². The number of H-pyrrole nitrogens is 1. The van der Waals surface area contributed by atoms with E-state index in [1.807, 2.05) is 11.0 Å². The van der Waals surface area contributed by atoms with Gasteiger partial charge in [0.2, 0.25) is 5.82 Å². The molecule has 2 aromatic rings. The number of piperidine rings is 1. The molecule has 1 saturated heterocycles. The number of nitrogens with zero attached hydrogens (tertiary/aromatic N) is 4. The van der Waals surface area contributed by atoms with Crippen molar-refractivity contribution in [3.05, 3.63) is 35.0 Å². The minimum Gasteiger partial charge on any atom is -0.356 e. The average Bonchev–Trinajstić information content (AvgIpc) is 3.03. The first-order chi connectivity index (χ1) is 10.9. The maximum absolute atomic E-state index is 13.0. The molecule has 1 aliphatic rings. The zero-order valence-electron chi connectivity index (χ0n) is 13.0. The lowest BCUT2D eigenvalue weighted by molar-refractivity contribution is -0.145. The number of hydrogen-bond donors (Lipinski definition) is 1. The number of hydrogen-bond acceptors (Lipinski definition) is 4. The van der Waals surface area contributed by atoms with Crippen LogP contribution in [0.4, 0.5) is 19.0 Å². The summed E-state index contributed by atoms with van der Waals surface area (Å²) in [6.07, 6.45) is -0.969. The monoisotopic (exact) mass is 325 g/mol. The third-order valence-corrected chi connectivity index (χ3v) is 4.30. The van der Waals surface area contributed by atoms with Crippen LogP contribution in [0.2, 0.25) is 0 Å². The molecule has 1 fully saturated rings. The summed E-state index contributed by atoms with van der Waals surface area (Å²) >= 11 is 0. The minimum atomic E-state index is -4.54. The molecule has 0 bridgehead atoms. The summed E-state index contributed by atoms with van der Waals surface area (Å²) in [7, 11) is 0. The van der Waals surface area contributed by atoms with Crippen LogP contribution in [-0.4, -0.2) is 33.3 Å². The van der Waals surface area contributed by atoms with Gasteiger partial charge in [0.1, 0.15) is 5.82 Å². The van der Waals surface area contributed by atoms with Gasteiger partial charge in [0.15, 0.2) is 0 Å². The molecule has 0 radical (unpaired) electrons. The molecule has 1 N–H and O–H groups in total. The molecule has 23 heavy (non-hydrogen) atoms. The fourth-order valence-corrected chi connectivity index (χ4v) is 2.97. The Balaban J connectivity index is 1.93. The highest BCUT2D eigenvalue weighted by Crippen LogP contribution is 2.33. The van der Waals surface area contributed by atoms with Crippen molar-refractivity contribution >= 4 is 5.82 Å². The lowest BCUT2D eigenvalue weighted by Crippen LogP contribution is -2.36. The van der Waals surface area contributed by atoms with Crippen LogP contribution in [0.15, 0.2) is 12.3 Å². The molecular weight excluding hydrogens is 307 g/mol. The smallest absolute Gasteiger partial charge is 0.356 e. The molecule has 5 nitrogen and oxygen atoms in total. The normalized spacial score (nSPS) is 19.2. The van der Waals surface area contributed by atoms with Crippen molar-refractivity contribution in [3.63, 3.8) is 0 Å². The molecule has 0 aromatic carbocycles. The maximum Gasteiger partial charge on any atom is 0.451 e. The molecule has 0 amide bonds. The number of nitrogens with one attached hydrogen (secondary N) is 1. The van der Waals surface area contributed by atoms with E-state index in [4.69, 9.17) is 0 Å². The zero-order valence-corrected chi connectivity index (χ0v) is 13.0. The fourth-order valence-electron chi connectivity index (χ4n) is 2.97. The van der Waals surface area contributed by atoms with Gasteiger partial charge in [-0.15, -0.1) is 0 Å². The number of aromatic nitrogens is 4. The summed E-state index contributed by atoms with van der Waals surface area (Å²) in [4.78, 5) is 9.32. The summed E-state index contributed by atoms with van der Waals surface area (Å²) < 4.78 is 39.0. The fraction of sp³-hybridized carbons (Fsp3) is 0.533. The molecule has 1 atom stereocenters.